The zero-order valence-corrected chi connectivity index (χ0v) is 12.0. The molecule has 2 heteroatoms. The number of hydrogen-bond donors (Lipinski definition) is 0. The number of rotatable bonds is 2. The topological polar surface area (TPSA) is 3.24 Å². The SMILES string of the molecule is Cc1cc(N2CC(c3ccccc3)C2)ccc1Br. The van der Waals surface area contributed by atoms with E-state index in [-0.39, 0.29) is 0 Å². The van der Waals surface area contributed by atoms with Gasteiger partial charge in [0.05, 0.1) is 0 Å². The van der Waals surface area contributed by atoms with E-state index in [1.165, 1.54) is 21.3 Å². The zero-order chi connectivity index (χ0) is 12.5. The molecular formula is C16H16BrN. The summed E-state index contributed by atoms with van der Waals surface area (Å²) in [6.07, 6.45) is 0. The molecule has 0 radical (unpaired) electrons. The average Bonchev–Trinajstić information content (AvgIpc) is 2.33. The van der Waals surface area contributed by atoms with Crippen molar-refractivity contribution in [2.75, 3.05) is 18.0 Å². The van der Waals surface area contributed by atoms with Gasteiger partial charge in [-0.3, -0.25) is 0 Å². The molecule has 0 amide bonds. The summed E-state index contributed by atoms with van der Waals surface area (Å²) < 4.78 is 1.19. The van der Waals surface area contributed by atoms with Crippen LogP contribution >= 0.6 is 15.9 Å². The monoisotopic (exact) mass is 301 g/mol. The first-order valence-electron chi connectivity index (χ1n) is 6.30. The van der Waals surface area contributed by atoms with Crippen LogP contribution in [-0.2, 0) is 0 Å². The summed E-state index contributed by atoms with van der Waals surface area (Å²) in [5.74, 6) is 0.690. The smallest absolute Gasteiger partial charge is 0.0370 e. The molecule has 0 aliphatic carbocycles. The van der Waals surface area contributed by atoms with E-state index in [1.54, 1.807) is 0 Å². The largest absolute Gasteiger partial charge is 0.370 e. The van der Waals surface area contributed by atoms with Crippen molar-refractivity contribution in [1.29, 1.82) is 0 Å². The van der Waals surface area contributed by atoms with Gasteiger partial charge < -0.3 is 4.90 Å². The van der Waals surface area contributed by atoms with Crippen LogP contribution in [0.3, 0.4) is 0 Å². The fourth-order valence-corrected chi connectivity index (χ4v) is 2.70. The normalized spacial score (nSPS) is 15.6. The minimum absolute atomic E-state index is 0.690. The molecule has 1 aliphatic heterocycles. The van der Waals surface area contributed by atoms with Crippen molar-refractivity contribution in [1.82, 2.24) is 0 Å². The summed E-state index contributed by atoms with van der Waals surface area (Å²) in [7, 11) is 0. The minimum Gasteiger partial charge on any atom is -0.370 e. The second-order valence-electron chi connectivity index (χ2n) is 4.95. The Morgan fingerprint density at radius 3 is 2.44 bits per heavy atom. The van der Waals surface area contributed by atoms with E-state index in [0.29, 0.717) is 5.92 Å². The van der Waals surface area contributed by atoms with Gasteiger partial charge in [-0.15, -0.1) is 0 Å². The molecule has 1 fully saturated rings. The fourth-order valence-electron chi connectivity index (χ4n) is 2.45. The molecule has 2 aromatic carbocycles. The average molecular weight is 302 g/mol. The summed E-state index contributed by atoms with van der Waals surface area (Å²) in [6.45, 7) is 4.40. The Balaban J connectivity index is 1.70. The van der Waals surface area contributed by atoms with Gasteiger partial charge in [0.25, 0.3) is 0 Å². The molecule has 92 valence electrons. The van der Waals surface area contributed by atoms with Crippen LogP contribution in [0.2, 0.25) is 0 Å². The van der Waals surface area contributed by atoms with Gasteiger partial charge in [-0.25, -0.2) is 0 Å². The lowest BCUT2D eigenvalue weighted by atomic mass is 9.91. The second-order valence-corrected chi connectivity index (χ2v) is 5.80. The number of halogens is 1. The molecule has 0 bridgehead atoms. The minimum atomic E-state index is 0.690. The van der Waals surface area contributed by atoms with E-state index in [1.807, 2.05) is 0 Å². The third-order valence-electron chi connectivity index (χ3n) is 3.66. The highest BCUT2D eigenvalue weighted by atomic mass is 79.9. The van der Waals surface area contributed by atoms with E-state index in [0.717, 1.165) is 13.1 Å². The second kappa shape index (κ2) is 4.77. The fraction of sp³-hybridized carbons (Fsp3) is 0.250. The Bertz CT molecular complexity index is 544. The Hall–Kier alpha value is -1.28. The van der Waals surface area contributed by atoms with Crippen LogP contribution in [0.1, 0.15) is 17.0 Å². The van der Waals surface area contributed by atoms with Gasteiger partial charge in [0.1, 0.15) is 0 Å². The number of aryl methyl sites for hydroxylation is 1. The lowest BCUT2D eigenvalue weighted by Crippen LogP contribution is -2.45. The van der Waals surface area contributed by atoms with Crippen molar-refractivity contribution < 1.29 is 0 Å². The van der Waals surface area contributed by atoms with E-state index in [2.05, 4.69) is 76.3 Å². The van der Waals surface area contributed by atoms with Crippen molar-refractivity contribution in [3.05, 3.63) is 64.1 Å². The van der Waals surface area contributed by atoms with Gasteiger partial charge in [-0.1, -0.05) is 46.3 Å². The maximum atomic E-state index is 3.55. The first-order valence-corrected chi connectivity index (χ1v) is 7.09. The summed E-state index contributed by atoms with van der Waals surface area (Å²) >= 11 is 3.55. The van der Waals surface area contributed by atoms with Gasteiger partial charge in [-0.05, 0) is 36.2 Å². The van der Waals surface area contributed by atoms with Crippen molar-refractivity contribution in [3.63, 3.8) is 0 Å². The molecular weight excluding hydrogens is 286 g/mol. The molecule has 0 N–H and O–H groups in total. The number of benzene rings is 2. The molecule has 1 heterocycles. The molecule has 0 spiro atoms. The Morgan fingerprint density at radius 1 is 1.06 bits per heavy atom. The Kier molecular flexibility index (Phi) is 3.13. The van der Waals surface area contributed by atoms with Crippen molar-refractivity contribution >= 4 is 21.6 Å². The summed E-state index contributed by atoms with van der Waals surface area (Å²) in [6, 6.07) is 17.4. The highest BCUT2D eigenvalue weighted by Crippen LogP contribution is 2.33. The molecule has 18 heavy (non-hydrogen) atoms. The van der Waals surface area contributed by atoms with Gasteiger partial charge in [0.15, 0.2) is 0 Å². The van der Waals surface area contributed by atoms with Crippen LogP contribution in [0, 0.1) is 6.92 Å². The highest BCUT2D eigenvalue weighted by Gasteiger charge is 2.28. The van der Waals surface area contributed by atoms with Crippen LogP contribution < -0.4 is 4.90 Å². The Morgan fingerprint density at radius 2 is 1.78 bits per heavy atom. The van der Waals surface area contributed by atoms with Crippen LogP contribution in [0.5, 0.6) is 0 Å². The van der Waals surface area contributed by atoms with Crippen LogP contribution in [0.25, 0.3) is 0 Å². The molecule has 3 rings (SSSR count). The first-order chi connectivity index (χ1) is 8.74. The lowest BCUT2D eigenvalue weighted by molar-refractivity contribution is 0.525. The molecule has 1 nitrogen and oxygen atoms in total. The van der Waals surface area contributed by atoms with Gasteiger partial charge >= 0.3 is 0 Å². The number of anilines is 1. The van der Waals surface area contributed by atoms with E-state index in [4.69, 9.17) is 0 Å². The van der Waals surface area contributed by atoms with Crippen molar-refractivity contribution in [3.8, 4) is 0 Å². The maximum absolute atomic E-state index is 3.55. The van der Waals surface area contributed by atoms with E-state index < -0.39 is 0 Å². The number of hydrogen-bond acceptors (Lipinski definition) is 1. The molecule has 1 saturated heterocycles. The van der Waals surface area contributed by atoms with E-state index >= 15 is 0 Å². The van der Waals surface area contributed by atoms with Crippen LogP contribution in [-0.4, -0.2) is 13.1 Å². The van der Waals surface area contributed by atoms with Crippen LogP contribution in [0.15, 0.2) is 53.0 Å². The van der Waals surface area contributed by atoms with Gasteiger partial charge in [0.2, 0.25) is 0 Å². The number of nitrogens with zero attached hydrogens (tertiary/aromatic N) is 1. The highest BCUT2D eigenvalue weighted by molar-refractivity contribution is 9.10. The predicted octanol–water partition coefficient (Wildman–Crippen LogP) is 4.36. The molecule has 1 aliphatic rings. The Labute approximate surface area is 117 Å². The van der Waals surface area contributed by atoms with Crippen LogP contribution in [0.4, 0.5) is 5.69 Å². The molecule has 0 saturated carbocycles. The molecule has 0 atom stereocenters. The summed E-state index contributed by atoms with van der Waals surface area (Å²) in [5, 5.41) is 0. The molecule has 0 aromatic heterocycles. The van der Waals surface area contributed by atoms with E-state index in [9.17, 15) is 0 Å². The third kappa shape index (κ3) is 2.17. The van der Waals surface area contributed by atoms with Gasteiger partial charge in [-0.2, -0.15) is 0 Å². The lowest BCUT2D eigenvalue weighted by Gasteiger charge is -2.41. The summed E-state index contributed by atoms with van der Waals surface area (Å²) in [4.78, 5) is 2.44. The summed E-state index contributed by atoms with van der Waals surface area (Å²) in [5.41, 5.74) is 4.10. The molecule has 2 aromatic rings. The van der Waals surface area contributed by atoms with Crippen molar-refractivity contribution in [2.45, 2.75) is 12.8 Å². The van der Waals surface area contributed by atoms with Gasteiger partial charge in [0, 0.05) is 29.2 Å². The standard InChI is InChI=1S/C16H16BrN/c1-12-9-15(7-8-16(12)17)18-10-14(11-18)13-5-3-2-4-6-13/h2-9,14H,10-11H2,1H3. The molecule has 0 unspecified atom stereocenters. The first kappa shape index (κ1) is 11.8. The predicted molar refractivity (Wildman–Crippen MR) is 80.3 cm³/mol. The zero-order valence-electron chi connectivity index (χ0n) is 10.4. The maximum Gasteiger partial charge on any atom is 0.0370 e. The van der Waals surface area contributed by atoms with Crippen molar-refractivity contribution in [2.24, 2.45) is 0 Å². The third-order valence-corrected chi connectivity index (χ3v) is 4.55. The quantitative estimate of drug-likeness (QED) is 0.796.